The Hall–Kier alpha value is -1.14. The second kappa shape index (κ2) is 2.63. The number of rotatable bonds is 0. The zero-order valence-electron chi connectivity index (χ0n) is 4.81. The van der Waals surface area contributed by atoms with Gasteiger partial charge in [-0.3, -0.25) is 0 Å². The molecule has 0 saturated carbocycles. The van der Waals surface area contributed by atoms with E-state index in [1.807, 2.05) is 0 Å². The van der Waals surface area contributed by atoms with Crippen molar-refractivity contribution in [3.8, 4) is 6.07 Å². The average molecular weight is 157 g/mol. The van der Waals surface area contributed by atoms with Crippen LogP contribution in [-0.2, 0) is 0 Å². The quantitative estimate of drug-likeness (QED) is 0.537. The molecule has 1 rings (SSSR count). The molecule has 1 heterocycles. The zero-order valence-corrected chi connectivity index (χ0v) is 5.56. The van der Waals surface area contributed by atoms with Crippen LogP contribution in [0.15, 0.2) is 12.3 Å². The van der Waals surface area contributed by atoms with Gasteiger partial charge in [0.1, 0.15) is 22.6 Å². The fourth-order valence-corrected chi connectivity index (χ4v) is 0.634. The summed E-state index contributed by atoms with van der Waals surface area (Å²) in [7, 11) is 0. The molecule has 0 unspecified atom stereocenters. The highest BCUT2D eigenvalue weighted by molar-refractivity contribution is 6.29. The second-order valence-electron chi connectivity index (χ2n) is 1.60. The SMILES string of the molecule is N#Cc1cnc(Cl)cc1F. The third-order valence-electron chi connectivity index (χ3n) is 0.941. The van der Waals surface area contributed by atoms with Gasteiger partial charge in [0, 0.05) is 12.3 Å². The molecule has 0 atom stereocenters. The van der Waals surface area contributed by atoms with Crippen LogP contribution in [0.25, 0.3) is 0 Å². The Labute approximate surface area is 61.9 Å². The molecule has 0 fully saturated rings. The van der Waals surface area contributed by atoms with E-state index in [0.29, 0.717) is 0 Å². The molecule has 0 aromatic carbocycles. The third kappa shape index (κ3) is 1.23. The summed E-state index contributed by atoms with van der Waals surface area (Å²) in [6, 6.07) is 2.63. The standard InChI is InChI=1S/C6H2ClFN2/c7-6-1-5(8)4(2-9)3-10-6/h1,3H. The molecule has 0 aliphatic heterocycles. The van der Waals surface area contributed by atoms with Gasteiger partial charge < -0.3 is 0 Å². The van der Waals surface area contributed by atoms with E-state index in [1.54, 1.807) is 6.07 Å². The minimum absolute atomic E-state index is 0.0523. The number of nitriles is 1. The molecule has 50 valence electrons. The average Bonchev–Trinajstić information content (AvgIpc) is 1.88. The second-order valence-corrected chi connectivity index (χ2v) is 1.99. The molecule has 10 heavy (non-hydrogen) atoms. The summed E-state index contributed by atoms with van der Waals surface area (Å²) in [6.07, 6.45) is 1.09. The van der Waals surface area contributed by atoms with Crippen LogP contribution < -0.4 is 0 Å². The molecule has 0 N–H and O–H groups in total. The van der Waals surface area contributed by atoms with E-state index in [9.17, 15) is 4.39 Å². The van der Waals surface area contributed by atoms with Gasteiger partial charge in [0.05, 0.1) is 0 Å². The van der Waals surface area contributed by atoms with Crippen molar-refractivity contribution in [3.05, 3.63) is 28.8 Å². The van der Waals surface area contributed by atoms with Gasteiger partial charge in [-0.15, -0.1) is 0 Å². The van der Waals surface area contributed by atoms with Crippen molar-refractivity contribution in [2.24, 2.45) is 0 Å². The molecule has 4 heteroatoms. The molecule has 1 aromatic heterocycles. The zero-order chi connectivity index (χ0) is 7.56. The van der Waals surface area contributed by atoms with Crippen molar-refractivity contribution in [2.75, 3.05) is 0 Å². The first-order valence-corrected chi connectivity index (χ1v) is 2.83. The van der Waals surface area contributed by atoms with Crippen molar-refractivity contribution in [2.45, 2.75) is 0 Å². The fraction of sp³-hybridized carbons (Fsp3) is 0. The highest BCUT2D eigenvalue weighted by atomic mass is 35.5. The van der Waals surface area contributed by atoms with Gasteiger partial charge in [0.2, 0.25) is 0 Å². The lowest BCUT2D eigenvalue weighted by Crippen LogP contribution is -1.84. The first kappa shape index (κ1) is 6.97. The molecular weight excluding hydrogens is 155 g/mol. The minimum Gasteiger partial charge on any atom is -0.243 e. The first-order valence-electron chi connectivity index (χ1n) is 2.45. The van der Waals surface area contributed by atoms with Crippen LogP contribution in [0.3, 0.4) is 0 Å². The summed E-state index contributed by atoms with van der Waals surface area (Å²) in [5.41, 5.74) is -0.0931. The van der Waals surface area contributed by atoms with Gasteiger partial charge in [-0.2, -0.15) is 5.26 Å². The monoisotopic (exact) mass is 156 g/mol. The van der Waals surface area contributed by atoms with Crippen LogP contribution >= 0.6 is 11.6 Å². The van der Waals surface area contributed by atoms with Crippen molar-refractivity contribution >= 4 is 11.6 Å². The molecule has 0 aliphatic carbocycles. The van der Waals surface area contributed by atoms with Crippen LogP contribution in [-0.4, -0.2) is 4.98 Å². The fourth-order valence-electron chi connectivity index (χ4n) is 0.490. The highest BCUT2D eigenvalue weighted by Gasteiger charge is 2.00. The summed E-state index contributed by atoms with van der Waals surface area (Å²) in [4.78, 5) is 3.51. The molecule has 0 radical (unpaired) electrons. The van der Waals surface area contributed by atoms with E-state index in [0.717, 1.165) is 12.3 Å². The topological polar surface area (TPSA) is 36.7 Å². The van der Waals surface area contributed by atoms with Gasteiger partial charge >= 0.3 is 0 Å². The number of hydrogen-bond acceptors (Lipinski definition) is 2. The Morgan fingerprint density at radius 3 is 2.90 bits per heavy atom. The van der Waals surface area contributed by atoms with E-state index in [2.05, 4.69) is 4.98 Å². The third-order valence-corrected chi connectivity index (χ3v) is 1.15. The molecule has 1 aromatic rings. The Balaban J connectivity index is 3.23. The van der Waals surface area contributed by atoms with Gasteiger partial charge in [-0.1, -0.05) is 11.6 Å². The Kier molecular flexibility index (Phi) is 1.83. The van der Waals surface area contributed by atoms with Crippen LogP contribution in [0, 0.1) is 17.1 Å². The largest absolute Gasteiger partial charge is 0.243 e. The molecule has 0 saturated heterocycles. The summed E-state index contributed by atoms with van der Waals surface area (Å²) >= 11 is 5.31. The van der Waals surface area contributed by atoms with E-state index in [4.69, 9.17) is 16.9 Å². The Morgan fingerprint density at radius 1 is 1.70 bits per heavy atom. The molecular formula is C6H2ClFN2. The summed E-state index contributed by atoms with van der Waals surface area (Å²) in [5.74, 6) is -0.637. The van der Waals surface area contributed by atoms with Crippen molar-refractivity contribution in [1.29, 1.82) is 5.26 Å². The van der Waals surface area contributed by atoms with E-state index < -0.39 is 5.82 Å². The normalized spacial score (nSPS) is 8.90. The lowest BCUT2D eigenvalue weighted by atomic mass is 10.3. The van der Waals surface area contributed by atoms with Crippen LogP contribution in [0.5, 0.6) is 0 Å². The van der Waals surface area contributed by atoms with Crippen molar-refractivity contribution in [3.63, 3.8) is 0 Å². The molecule has 0 amide bonds. The lowest BCUT2D eigenvalue weighted by molar-refractivity contribution is 0.621. The van der Waals surface area contributed by atoms with Gasteiger partial charge in [0.15, 0.2) is 0 Å². The summed E-state index contributed by atoms with van der Waals surface area (Å²) < 4.78 is 12.5. The summed E-state index contributed by atoms with van der Waals surface area (Å²) in [6.45, 7) is 0. The number of hydrogen-bond donors (Lipinski definition) is 0. The van der Waals surface area contributed by atoms with Crippen LogP contribution in [0.1, 0.15) is 5.56 Å². The number of halogens is 2. The van der Waals surface area contributed by atoms with Crippen LogP contribution in [0.2, 0.25) is 5.15 Å². The maximum atomic E-state index is 12.5. The predicted molar refractivity (Wildman–Crippen MR) is 33.9 cm³/mol. The highest BCUT2D eigenvalue weighted by Crippen LogP contribution is 2.09. The number of pyridine rings is 1. The Bertz CT molecular complexity index is 292. The van der Waals surface area contributed by atoms with Gasteiger partial charge in [0.25, 0.3) is 0 Å². The minimum atomic E-state index is -0.637. The van der Waals surface area contributed by atoms with Crippen molar-refractivity contribution < 1.29 is 4.39 Å². The predicted octanol–water partition coefficient (Wildman–Crippen LogP) is 1.75. The Morgan fingerprint density at radius 2 is 2.40 bits per heavy atom. The van der Waals surface area contributed by atoms with E-state index >= 15 is 0 Å². The van der Waals surface area contributed by atoms with E-state index in [-0.39, 0.29) is 10.7 Å². The first-order chi connectivity index (χ1) is 4.74. The smallest absolute Gasteiger partial charge is 0.145 e. The maximum Gasteiger partial charge on any atom is 0.145 e. The molecule has 0 bridgehead atoms. The van der Waals surface area contributed by atoms with E-state index in [1.165, 1.54) is 0 Å². The maximum absolute atomic E-state index is 12.5. The van der Waals surface area contributed by atoms with Gasteiger partial charge in [-0.05, 0) is 0 Å². The number of nitrogens with zero attached hydrogens (tertiary/aromatic N) is 2. The molecule has 0 spiro atoms. The molecule has 0 aliphatic rings. The summed E-state index contributed by atoms with van der Waals surface area (Å²) in [5, 5.41) is 8.29. The van der Waals surface area contributed by atoms with Crippen molar-refractivity contribution in [1.82, 2.24) is 4.98 Å². The van der Waals surface area contributed by atoms with Gasteiger partial charge in [-0.25, -0.2) is 9.37 Å². The molecule has 2 nitrogen and oxygen atoms in total. The number of aromatic nitrogens is 1. The van der Waals surface area contributed by atoms with Crippen LogP contribution in [0.4, 0.5) is 4.39 Å². The lowest BCUT2D eigenvalue weighted by Gasteiger charge is -1.90.